The Bertz CT molecular complexity index is 806. The van der Waals surface area contributed by atoms with E-state index in [-0.39, 0.29) is 0 Å². The molecule has 1 saturated heterocycles. The van der Waals surface area contributed by atoms with Crippen LogP contribution in [0.15, 0.2) is 47.1 Å². The molecule has 7 nitrogen and oxygen atoms in total. The van der Waals surface area contributed by atoms with Crippen LogP contribution in [0.3, 0.4) is 0 Å². The molecule has 3 heterocycles. The lowest BCUT2D eigenvalue weighted by atomic mass is 10.2. The molecular formula is C18H23N7. The zero-order valence-electron chi connectivity index (χ0n) is 14.4. The van der Waals surface area contributed by atoms with Gasteiger partial charge in [0.15, 0.2) is 0 Å². The van der Waals surface area contributed by atoms with E-state index in [1.165, 1.54) is 5.56 Å². The van der Waals surface area contributed by atoms with Crippen molar-refractivity contribution in [2.24, 2.45) is 4.99 Å². The maximum absolute atomic E-state index is 4.38. The van der Waals surface area contributed by atoms with E-state index in [4.69, 9.17) is 0 Å². The molecule has 130 valence electrons. The van der Waals surface area contributed by atoms with Crippen LogP contribution in [0.5, 0.6) is 0 Å². The smallest absolute Gasteiger partial charge is 0.128 e. The van der Waals surface area contributed by atoms with Gasteiger partial charge in [-0.1, -0.05) is 6.07 Å². The summed E-state index contributed by atoms with van der Waals surface area (Å²) in [6, 6.07) is 6.19. The van der Waals surface area contributed by atoms with E-state index in [2.05, 4.69) is 54.6 Å². The van der Waals surface area contributed by atoms with Gasteiger partial charge in [-0.05, 0) is 24.7 Å². The summed E-state index contributed by atoms with van der Waals surface area (Å²) >= 11 is 0. The van der Waals surface area contributed by atoms with Gasteiger partial charge in [-0.15, -0.1) is 0 Å². The van der Waals surface area contributed by atoms with Crippen molar-refractivity contribution in [3.05, 3.63) is 47.7 Å². The van der Waals surface area contributed by atoms with Gasteiger partial charge >= 0.3 is 0 Å². The topological polar surface area (TPSA) is 68.7 Å². The van der Waals surface area contributed by atoms with Crippen LogP contribution in [0.1, 0.15) is 5.56 Å². The number of nitrogens with zero attached hydrogens (tertiary/aromatic N) is 5. The summed E-state index contributed by atoms with van der Waals surface area (Å²) < 4.78 is 0. The quantitative estimate of drug-likeness (QED) is 0.859. The fourth-order valence-electron chi connectivity index (χ4n) is 3.17. The van der Waals surface area contributed by atoms with Crippen LogP contribution in [0.2, 0.25) is 0 Å². The Morgan fingerprint density at radius 2 is 1.88 bits per heavy atom. The summed E-state index contributed by atoms with van der Waals surface area (Å²) in [6.07, 6.45) is 5.38. The van der Waals surface area contributed by atoms with Crippen molar-refractivity contribution < 1.29 is 0 Å². The van der Waals surface area contributed by atoms with Gasteiger partial charge in [-0.2, -0.15) is 0 Å². The summed E-state index contributed by atoms with van der Waals surface area (Å²) in [5.74, 6) is 1.16. The van der Waals surface area contributed by atoms with Crippen LogP contribution < -0.4 is 10.6 Å². The van der Waals surface area contributed by atoms with Gasteiger partial charge in [-0.25, -0.2) is 0 Å². The molecule has 0 bridgehead atoms. The van der Waals surface area contributed by atoms with Gasteiger partial charge in [0, 0.05) is 45.1 Å². The number of likely N-dealkylation sites (N-methyl/N-ethyl adjacent to an activating group) is 1. The van der Waals surface area contributed by atoms with Crippen LogP contribution in [0.4, 0.5) is 0 Å². The van der Waals surface area contributed by atoms with Gasteiger partial charge < -0.3 is 20.4 Å². The van der Waals surface area contributed by atoms with E-state index >= 15 is 0 Å². The Morgan fingerprint density at radius 1 is 1.08 bits per heavy atom. The molecule has 2 aliphatic rings. The number of rotatable bonds is 4. The number of aromatic nitrogens is 2. The highest BCUT2D eigenvalue weighted by Crippen LogP contribution is 2.14. The Morgan fingerprint density at radius 3 is 2.72 bits per heavy atom. The first-order chi connectivity index (χ1) is 12.3. The van der Waals surface area contributed by atoms with Crippen LogP contribution in [0, 0.1) is 0 Å². The fourth-order valence-corrected chi connectivity index (χ4v) is 3.17. The van der Waals surface area contributed by atoms with Crippen molar-refractivity contribution >= 4 is 17.2 Å². The molecule has 25 heavy (non-hydrogen) atoms. The van der Waals surface area contributed by atoms with E-state index in [1.807, 2.05) is 12.3 Å². The lowest BCUT2D eigenvalue weighted by Crippen LogP contribution is -2.48. The van der Waals surface area contributed by atoms with Crippen LogP contribution in [-0.2, 0) is 6.54 Å². The van der Waals surface area contributed by atoms with Crippen LogP contribution >= 0.6 is 0 Å². The molecule has 2 N–H and O–H groups in total. The normalized spacial score (nSPS) is 18.5. The molecule has 0 saturated carbocycles. The molecule has 4 rings (SSSR count). The maximum atomic E-state index is 4.38. The monoisotopic (exact) mass is 337 g/mol. The van der Waals surface area contributed by atoms with Crippen LogP contribution in [0.25, 0.3) is 11.0 Å². The Kier molecular flexibility index (Phi) is 4.47. The predicted octanol–water partition coefficient (Wildman–Crippen LogP) is 0.767. The first kappa shape index (κ1) is 15.8. The minimum atomic E-state index is 0.637. The largest absolute Gasteiger partial charge is 0.377 e. The molecule has 1 fully saturated rings. The molecule has 0 atom stereocenters. The summed E-state index contributed by atoms with van der Waals surface area (Å²) in [5, 5.41) is 6.95. The highest BCUT2D eigenvalue weighted by molar-refractivity contribution is 5.79. The van der Waals surface area contributed by atoms with Gasteiger partial charge in [0.05, 0.1) is 22.9 Å². The summed E-state index contributed by atoms with van der Waals surface area (Å²) in [4.78, 5) is 17.8. The molecule has 0 unspecified atom stereocenters. The number of fused-ring (bicyclic) bond motifs is 1. The third-order valence-electron chi connectivity index (χ3n) is 4.65. The SMILES string of the molecule is CN1CCN(C2=C(NCc3ccc4nccnc4c3)C=NCN2)CC1. The van der Waals surface area contributed by atoms with Crippen molar-refractivity contribution in [2.45, 2.75) is 6.54 Å². The summed E-state index contributed by atoms with van der Waals surface area (Å²) in [6.45, 7) is 5.59. The molecule has 0 spiro atoms. The van der Waals surface area contributed by atoms with Gasteiger partial charge in [-0.3, -0.25) is 15.0 Å². The number of aliphatic imine (C=N–C) groups is 1. The van der Waals surface area contributed by atoms with E-state index in [0.29, 0.717) is 6.67 Å². The number of hydrogen-bond acceptors (Lipinski definition) is 7. The number of benzene rings is 1. The number of hydrogen-bond donors (Lipinski definition) is 2. The third-order valence-corrected chi connectivity index (χ3v) is 4.65. The Balaban J connectivity index is 1.49. The molecule has 0 radical (unpaired) electrons. The molecular weight excluding hydrogens is 314 g/mol. The number of piperazine rings is 1. The highest BCUT2D eigenvalue weighted by atomic mass is 15.3. The number of nitrogens with one attached hydrogen (secondary N) is 2. The Labute approximate surface area is 147 Å². The summed E-state index contributed by atoms with van der Waals surface area (Å²) in [5.41, 5.74) is 4.07. The van der Waals surface area contributed by atoms with Gasteiger partial charge in [0.2, 0.25) is 0 Å². The van der Waals surface area contributed by atoms with Crippen molar-refractivity contribution in [3.63, 3.8) is 0 Å². The Hall–Kier alpha value is -2.67. The minimum absolute atomic E-state index is 0.637. The molecule has 2 aliphatic heterocycles. The average Bonchev–Trinajstić information content (AvgIpc) is 2.67. The maximum Gasteiger partial charge on any atom is 0.128 e. The minimum Gasteiger partial charge on any atom is -0.377 e. The van der Waals surface area contributed by atoms with Gasteiger partial charge in [0.25, 0.3) is 0 Å². The van der Waals surface area contributed by atoms with Crippen molar-refractivity contribution in [2.75, 3.05) is 39.9 Å². The second-order valence-electron chi connectivity index (χ2n) is 6.43. The number of allylic oxidation sites excluding steroid dienone is 1. The summed E-state index contributed by atoms with van der Waals surface area (Å²) in [7, 11) is 2.17. The van der Waals surface area contributed by atoms with E-state index in [1.54, 1.807) is 12.4 Å². The zero-order valence-corrected chi connectivity index (χ0v) is 14.4. The predicted molar refractivity (Wildman–Crippen MR) is 99.0 cm³/mol. The molecule has 0 amide bonds. The van der Waals surface area contributed by atoms with Crippen molar-refractivity contribution in [3.8, 4) is 0 Å². The van der Waals surface area contributed by atoms with Gasteiger partial charge in [0.1, 0.15) is 12.5 Å². The van der Waals surface area contributed by atoms with Crippen molar-refractivity contribution in [1.82, 2.24) is 30.4 Å². The lowest BCUT2D eigenvalue weighted by Gasteiger charge is -2.37. The molecule has 1 aromatic carbocycles. The van der Waals surface area contributed by atoms with Crippen molar-refractivity contribution in [1.29, 1.82) is 0 Å². The van der Waals surface area contributed by atoms with Crippen LogP contribution in [-0.4, -0.2) is 65.9 Å². The zero-order chi connectivity index (χ0) is 17.1. The average molecular weight is 337 g/mol. The first-order valence-electron chi connectivity index (χ1n) is 8.64. The van der Waals surface area contributed by atoms with E-state index in [9.17, 15) is 0 Å². The second-order valence-corrected chi connectivity index (χ2v) is 6.43. The molecule has 2 aromatic rings. The molecule has 0 aliphatic carbocycles. The first-order valence-corrected chi connectivity index (χ1v) is 8.64. The lowest BCUT2D eigenvalue weighted by molar-refractivity contribution is 0.176. The van der Waals surface area contributed by atoms with E-state index in [0.717, 1.165) is 55.3 Å². The standard InChI is InChI=1S/C18H23N7/c1-24-6-8-25(9-7-24)18-17(12-19-13-23-18)22-11-14-2-3-15-16(10-14)21-5-4-20-15/h2-5,10,12,22-23H,6-9,11,13H2,1H3. The fraction of sp³-hybridized carbons (Fsp3) is 0.389. The molecule has 1 aromatic heterocycles. The molecule has 7 heteroatoms. The second kappa shape index (κ2) is 7.06. The highest BCUT2D eigenvalue weighted by Gasteiger charge is 2.20. The third kappa shape index (κ3) is 3.56. The van der Waals surface area contributed by atoms with E-state index < -0.39 is 0 Å².